The number of nitrogens with zero attached hydrogens (tertiary/aromatic N) is 2. The number of carbonyl (C=O) groups excluding carboxylic acids is 1. The molecular weight excluding hydrogens is 298 g/mol. The van der Waals surface area contributed by atoms with Crippen molar-refractivity contribution in [2.45, 2.75) is 26.2 Å². The molecule has 2 aliphatic rings. The molecule has 2 amide bonds. The Morgan fingerprint density at radius 1 is 1.32 bits per heavy atom. The third-order valence-electron chi connectivity index (χ3n) is 4.65. The summed E-state index contributed by atoms with van der Waals surface area (Å²) in [5.74, 6) is 0.608. The number of likely N-dealkylation sites (tertiary alicyclic amines) is 2. The van der Waals surface area contributed by atoms with Crippen molar-refractivity contribution in [2.24, 2.45) is 5.92 Å². The van der Waals surface area contributed by atoms with Gasteiger partial charge in [-0.1, -0.05) is 17.7 Å². The summed E-state index contributed by atoms with van der Waals surface area (Å²) < 4.78 is 0. The predicted molar refractivity (Wildman–Crippen MR) is 90.6 cm³/mol. The van der Waals surface area contributed by atoms with Crippen LogP contribution < -0.4 is 5.32 Å². The fourth-order valence-corrected chi connectivity index (χ4v) is 3.59. The summed E-state index contributed by atoms with van der Waals surface area (Å²) in [6.45, 7) is 7.27. The molecule has 0 saturated carbocycles. The second-order valence-corrected chi connectivity index (χ2v) is 6.93. The Bertz CT molecular complexity index is 543. The molecule has 1 atom stereocenters. The van der Waals surface area contributed by atoms with Gasteiger partial charge in [-0.05, 0) is 62.9 Å². The number of amides is 2. The zero-order valence-corrected chi connectivity index (χ0v) is 13.9. The van der Waals surface area contributed by atoms with Crippen LogP contribution in [0.25, 0.3) is 0 Å². The predicted octanol–water partition coefficient (Wildman–Crippen LogP) is 3.60. The fraction of sp³-hybridized carbons (Fsp3) is 0.588. The highest BCUT2D eigenvalue weighted by atomic mass is 35.5. The van der Waals surface area contributed by atoms with Gasteiger partial charge in [0.2, 0.25) is 0 Å². The first-order valence-electron chi connectivity index (χ1n) is 8.16. The summed E-state index contributed by atoms with van der Waals surface area (Å²) in [5, 5.41) is 3.54. The second-order valence-electron chi connectivity index (χ2n) is 6.52. The molecule has 1 aromatic carbocycles. The molecule has 2 aliphatic heterocycles. The van der Waals surface area contributed by atoms with Gasteiger partial charge in [0.25, 0.3) is 0 Å². The Kier molecular flexibility index (Phi) is 4.89. The minimum atomic E-state index is -0.0311. The Hall–Kier alpha value is -1.26. The van der Waals surface area contributed by atoms with Crippen molar-refractivity contribution in [3.8, 4) is 0 Å². The van der Waals surface area contributed by atoms with Crippen LogP contribution in [-0.4, -0.2) is 48.6 Å². The number of benzene rings is 1. The van der Waals surface area contributed by atoms with Gasteiger partial charge < -0.3 is 15.1 Å². The molecular formula is C17H24ClN3O. The molecule has 0 aromatic heterocycles. The van der Waals surface area contributed by atoms with Crippen LogP contribution in [0.4, 0.5) is 10.5 Å². The SMILES string of the molecule is Cc1ccc(Cl)c(NC(=O)N2CC[C@H](CN3CCCC3)C2)c1. The van der Waals surface area contributed by atoms with Gasteiger partial charge in [0, 0.05) is 19.6 Å². The first kappa shape index (κ1) is 15.6. The van der Waals surface area contributed by atoms with Crippen LogP contribution in [-0.2, 0) is 0 Å². The standard InChI is InChI=1S/C17H24ClN3O/c1-13-4-5-15(18)16(10-13)19-17(22)21-9-6-14(12-21)11-20-7-2-3-8-20/h4-5,10,14H,2-3,6-9,11-12H2,1H3,(H,19,22)/t14-/m1/s1. The summed E-state index contributed by atoms with van der Waals surface area (Å²) in [5.41, 5.74) is 1.79. The maximum absolute atomic E-state index is 12.4. The number of carbonyl (C=O) groups is 1. The van der Waals surface area contributed by atoms with E-state index in [9.17, 15) is 4.79 Å². The molecule has 1 aromatic rings. The van der Waals surface area contributed by atoms with E-state index in [2.05, 4.69) is 10.2 Å². The minimum Gasteiger partial charge on any atom is -0.324 e. The van der Waals surface area contributed by atoms with E-state index >= 15 is 0 Å². The molecule has 0 aliphatic carbocycles. The summed E-state index contributed by atoms with van der Waals surface area (Å²) in [6, 6.07) is 5.65. The number of aryl methyl sites for hydroxylation is 1. The zero-order valence-electron chi connectivity index (χ0n) is 13.1. The van der Waals surface area contributed by atoms with Gasteiger partial charge in [0.05, 0.1) is 10.7 Å². The number of rotatable bonds is 3. The lowest BCUT2D eigenvalue weighted by Crippen LogP contribution is -2.34. The van der Waals surface area contributed by atoms with Gasteiger partial charge in [-0.2, -0.15) is 0 Å². The highest BCUT2D eigenvalue weighted by Gasteiger charge is 2.28. The smallest absolute Gasteiger partial charge is 0.321 e. The lowest BCUT2D eigenvalue weighted by atomic mass is 10.1. The number of urea groups is 1. The van der Waals surface area contributed by atoms with E-state index in [0.717, 1.165) is 31.6 Å². The monoisotopic (exact) mass is 321 g/mol. The van der Waals surface area contributed by atoms with Crippen LogP contribution in [0.3, 0.4) is 0 Å². The molecule has 120 valence electrons. The molecule has 3 rings (SSSR count). The maximum atomic E-state index is 12.4. The second kappa shape index (κ2) is 6.88. The van der Waals surface area contributed by atoms with Crippen LogP contribution in [0.5, 0.6) is 0 Å². The van der Waals surface area contributed by atoms with Crippen molar-refractivity contribution in [3.63, 3.8) is 0 Å². The van der Waals surface area contributed by atoms with E-state index in [-0.39, 0.29) is 6.03 Å². The Balaban J connectivity index is 1.53. The summed E-state index contributed by atoms with van der Waals surface area (Å²) >= 11 is 6.15. The van der Waals surface area contributed by atoms with Crippen molar-refractivity contribution >= 4 is 23.3 Å². The van der Waals surface area contributed by atoms with Crippen molar-refractivity contribution in [2.75, 3.05) is 38.0 Å². The Morgan fingerprint density at radius 3 is 2.86 bits per heavy atom. The molecule has 2 fully saturated rings. The first-order chi connectivity index (χ1) is 10.6. The van der Waals surface area contributed by atoms with Gasteiger partial charge in [-0.3, -0.25) is 0 Å². The van der Waals surface area contributed by atoms with E-state index in [1.165, 1.54) is 25.9 Å². The number of anilines is 1. The quantitative estimate of drug-likeness (QED) is 0.923. The third-order valence-corrected chi connectivity index (χ3v) is 4.98. The molecule has 22 heavy (non-hydrogen) atoms. The first-order valence-corrected chi connectivity index (χ1v) is 8.54. The fourth-order valence-electron chi connectivity index (χ4n) is 3.43. The van der Waals surface area contributed by atoms with Crippen LogP contribution >= 0.6 is 11.6 Å². The highest BCUT2D eigenvalue weighted by Crippen LogP contribution is 2.25. The van der Waals surface area contributed by atoms with Gasteiger partial charge in [-0.15, -0.1) is 0 Å². The largest absolute Gasteiger partial charge is 0.324 e. The van der Waals surface area contributed by atoms with Crippen LogP contribution in [0.15, 0.2) is 18.2 Å². The molecule has 2 saturated heterocycles. The maximum Gasteiger partial charge on any atom is 0.321 e. The van der Waals surface area contributed by atoms with Crippen molar-refractivity contribution in [1.82, 2.24) is 9.80 Å². The van der Waals surface area contributed by atoms with Crippen molar-refractivity contribution in [3.05, 3.63) is 28.8 Å². The normalized spacial score (nSPS) is 22.3. The summed E-state index contributed by atoms with van der Waals surface area (Å²) in [4.78, 5) is 16.9. The average molecular weight is 322 g/mol. The number of hydrogen-bond donors (Lipinski definition) is 1. The van der Waals surface area contributed by atoms with Gasteiger partial charge >= 0.3 is 6.03 Å². The average Bonchev–Trinajstić information content (AvgIpc) is 3.15. The Morgan fingerprint density at radius 2 is 2.09 bits per heavy atom. The van der Waals surface area contributed by atoms with Crippen molar-refractivity contribution in [1.29, 1.82) is 0 Å². The van der Waals surface area contributed by atoms with E-state index in [1.54, 1.807) is 0 Å². The number of halogens is 1. The van der Waals surface area contributed by atoms with Crippen LogP contribution in [0, 0.1) is 12.8 Å². The Labute approximate surface area is 137 Å². The molecule has 0 spiro atoms. The minimum absolute atomic E-state index is 0.0311. The van der Waals surface area contributed by atoms with Gasteiger partial charge in [0.15, 0.2) is 0 Å². The summed E-state index contributed by atoms with van der Waals surface area (Å²) in [6.07, 6.45) is 3.75. The highest BCUT2D eigenvalue weighted by molar-refractivity contribution is 6.33. The number of hydrogen-bond acceptors (Lipinski definition) is 2. The number of nitrogens with one attached hydrogen (secondary N) is 1. The molecule has 5 heteroatoms. The lowest BCUT2D eigenvalue weighted by molar-refractivity contribution is 0.217. The van der Waals surface area contributed by atoms with E-state index in [0.29, 0.717) is 16.6 Å². The van der Waals surface area contributed by atoms with E-state index < -0.39 is 0 Å². The van der Waals surface area contributed by atoms with Gasteiger partial charge in [0.1, 0.15) is 0 Å². The van der Waals surface area contributed by atoms with E-state index in [4.69, 9.17) is 11.6 Å². The lowest BCUT2D eigenvalue weighted by Gasteiger charge is -2.21. The summed E-state index contributed by atoms with van der Waals surface area (Å²) in [7, 11) is 0. The zero-order chi connectivity index (χ0) is 15.5. The third kappa shape index (κ3) is 3.73. The van der Waals surface area contributed by atoms with E-state index in [1.807, 2.05) is 30.0 Å². The molecule has 1 N–H and O–H groups in total. The van der Waals surface area contributed by atoms with Gasteiger partial charge in [-0.25, -0.2) is 4.79 Å². The molecule has 0 bridgehead atoms. The van der Waals surface area contributed by atoms with Crippen LogP contribution in [0.2, 0.25) is 5.02 Å². The molecule has 2 heterocycles. The molecule has 0 radical (unpaired) electrons. The molecule has 4 nitrogen and oxygen atoms in total. The van der Waals surface area contributed by atoms with Crippen molar-refractivity contribution < 1.29 is 4.79 Å². The topological polar surface area (TPSA) is 35.6 Å². The molecule has 0 unspecified atom stereocenters. The van der Waals surface area contributed by atoms with Crippen LogP contribution in [0.1, 0.15) is 24.8 Å².